The first-order chi connectivity index (χ1) is 15.6. The van der Waals surface area contributed by atoms with Gasteiger partial charge in [-0.25, -0.2) is 0 Å². The van der Waals surface area contributed by atoms with Crippen molar-refractivity contribution in [3.05, 3.63) is 101 Å². The number of para-hydroxylation sites is 1. The monoisotopic (exact) mass is 425 g/mol. The highest BCUT2D eigenvalue weighted by atomic mass is 16.5. The lowest BCUT2D eigenvalue weighted by molar-refractivity contribution is 0.102. The summed E-state index contributed by atoms with van der Waals surface area (Å²) in [6, 6.07) is 25.6. The van der Waals surface area contributed by atoms with Gasteiger partial charge >= 0.3 is 0 Å². The number of hydrogen-bond acceptors (Lipinski definition) is 3. The molecule has 0 aliphatic carbocycles. The van der Waals surface area contributed by atoms with Gasteiger partial charge in [-0.05, 0) is 54.1 Å². The van der Waals surface area contributed by atoms with E-state index in [1.54, 1.807) is 13.2 Å². The summed E-state index contributed by atoms with van der Waals surface area (Å²) >= 11 is 0. The fourth-order valence-corrected chi connectivity index (χ4v) is 3.90. The van der Waals surface area contributed by atoms with Crippen LogP contribution in [0.1, 0.15) is 34.0 Å². The SMILES string of the molecule is CCc1cccc(C)c1NC(=O)c1ccc(OC)c(COc2cccc3ccccc23)c1. The minimum absolute atomic E-state index is 0.150. The van der Waals surface area contributed by atoms with E-state index in [0.717, 1.165) is 45.3 Å². The highest BCUT2D eigenvalue weighted by Gasteiger charge is 2.14. The predicted molar refractivity (Wildman–Crippen MR) is 130 cm³/mol. The van der Waals surface area contributed by atoms with E-state index < -0.39 is 0 Å². The first kappa shape index (κ1) is 21.4. The van der Waals surface area contributed by atoms with Crippen molar-refractivity contribution < 1.29 is 14.3 Å². The Morgan fingerprint density at radius 1 is 0.875 bits per heavy atom. The fraction of sp³-hybridized carbons (Fsp3) is 0.179. The molecule has 0 heterocycles. The third-order valence-corrected chi connectivity index (χ3v) is 5.65. The highest BCUT2D eigenvalue weighted by molar-refractivity contribution is 6.05. The van der Waals surface area contributed by atoms with Crippen molar-refractivity contribution in [2.24, 2.45) is 0 Å². The second-order valence-corrected chi connectivity index (χ2v) is 7.71. The Morgan fingerprint density at radius 2 is 1.66 bits per heavy atom. The topological polar surface area (TPSA) is 47.6 Å². The van der Waals surface area contributed by atoms with Gasteiger partial charge in [-0.1, -0.05) is 61.5 Å². The minimum atomic E-state index is -0.150. The maximum atomic E-state index is 13.0. The molecule has 1 amide bonds. The number of aryl methyl sites for hydroxylation is 2. The van der Waals surface area contributed by atoms with E-state index in [1.807, 2.05) is 67.6 Å². The number of carbonyl (C=O) groups excluding carboxylic acids is 1. The number of amides is 1. The van der Waals surface area contributed by atoms with Crippen molar-refractivity contribution in [3.63, 3.8) is 0 Å². The number of rotatable bonds is 7. The zero-order valence-corrected chi connectivity index (χ0v) is 18.6. The van der Waals surface area contributed by atoms with Crippen LogP contribution in [-0.2, 0) is 13.0 Å². The molecule has 0 aromatic heterocycles. The lowest BCUT2D eigenvalue weighted by atomic mass is 10.0. The van der Waals surface area contributed by atoms with Crippen molar-refractivity contribution in [1.82, 2.24) is 0 Å². The largest absolute Gasteiger partial charge is 0.496 e. The van der Waals surface area contributed by atoms with Crippen LogP contribution in [0.25, 0.3) is 10.8 Å². The summed E-state index contributed by atoms with van der Waals surface area (Å²) < 4.78 is 11.7. The molecular formula is C28H27NO3. The highest BCUT2D eigenvalue weighted by Crippen LogP contribution is 2.28. The summed E-state index contributed by atoms with van der Waals surface area (Å²) in [7, 11) is 1.62. The molecule has 0 saturated heterocycles. The Kier molecular flexibility index (Phi) is 6.41. The summed E-state index contributed by atoms with van der Waals surface area (Å²) in [6.07, 6.45) is 0.851. The number of fused-ring (bicyclic) bond motifs is 1. The summed E-state index contributed by atoms with van der Waals surface area (Å²) in [4.78, 5) is 13.0. The third-order valence-electron chi connectivity index (χ3n) is 5.65. The maximum Gasteiger partial charge on any atom is 0.255 e. The number of anilines is 1. The number of ether oxygens (including phenoxy) is 2. The molecule has 0 unspecified atom stereocenters. The zero-order valence-electron chi connectivity index (χ0n) is 18.6. The molecule has 0 spiro atoms. The van der Waals surface area contributed by atoms with Crippen LogP contribution < -0.4 is 14.8 Å². The van der Waals surface area contributed by atoms with Gasteiger partial charge < -0.3 is 14.8 Å². The molecule has 4 aromatic rings. The van der Waals surface area contributed by atoms with Gasteiger partial charge in [0.05, 0.1) is 7.11 Å². The average molecular weight is 426 g/mol. The minimum Gasteiger partial charge on any atom is -0.496 e. The van der Waals surface area contributed by atoms with Crippen LogP contribution in [0.5, 0.6) is 11.5 Å². The van der Waals surface area contributed by atoms with Gasteiger partial charge in [-0.15, -0.1) is 0 Å². The molecule has 0 radical (unpaired) electrons. The van der Waals surface area contributed by atoms with E-state index in [4.69, 9.17) is 9.47 Å². The Bertz CT molecular complexity index is 1260. The first-order valence-corrected chi connectivity index (χ1v) is 10.8. The Morgan fingerprint density at radius 3 is 2.47 bits per heavy atom. The van der Waals surface area contributed by atoms with Crippen LogP contribution in [0.15, 0.2) is 78.9 Å². The van der Waals surface area contributed by atoms with Crippen molar-refractivity contribution >= 4 is 22.4 Å². The number of hydrogen-bond donors (Lipinski definition) is 1. The second kappa shape index (κ2) is 9.56. The molecule has 0 aliphatic heterocycles. The summed E-state index contributed by atoms with van der Waals surface area (Å²) in [5.74, 6) is 1.34. The number of methoxy groups -OCH3 is 1. The molecule has 1 N–H and O–H groups in total. The molecule has 0 saturated carbocycles. The number of nitrogens with one attached hydrogen (secondary N) is 1. The van der Waals surface area contributed by atoms with Crippen LogP contribution in [0.4, 0.5) is 5.69 Å². The van der Waals surface area contributed by atoms with E-state index in [1.165, 1.54) is 0 Å². The van der Waals surface area contributed by atoms with E-state index in [9.17, 15) is 4.79 Å². The van der Waals surface area contributed by atoms with Gasteiger partial charge in [0, 0.05) is 22.2 Å². The molecule has 0 aliphatic rings. The molecule has 4 heteroatoms. The quantitative estimate of drug-likeness (QED) is 0.365. The van der Waals surface area contributed by atoms with Crippen LogP contribution in [0.3, 0.4) is 0 Å². The van der Waals surface area contributed by atoms with Gasteiger partial charge in [0.1, 0.15) is 18.1 Å². The molecule has 0 atom stereocenters. The third kappa shape index (κ3) is 4.45. The fourth-order valence-electron chi connectivity index (χ4n) is 3.90. The van der Waals surface area contributed by atoms with Crippen molar-refractivity contribution in [2.45, 2.75) is 26.9 Å². The standard InChI is InChI=1S/C28H27NO3/c1-4-20-11-7-9-19(2)27(20)29-28(30)22-15-16-25(31-3)23(17-22)18-32-26-14-8-12-21-10-5-6-13-24(21)26/h5-17H,4,18H2,1-3H3,(H,29,30). The second-order valence-electron chi connectivity index (χ2n) is 7.71. The van der Waals surface area contributed by atoms with Crippen molar-refractivity contribution in [2.75, 3.05) is 12.4 Å². The van der Waals surface area contributed by atoms with Gasteiger partial charge in [-0.2, -0.15) is 0 Å². The van der Waals surface area contributed by atoms with Crippen LogP contribution >= 0.6 is 0 Å². The van der Waals surface area contributed by atoms with E-state index >= 15 is 0 Å². The van der Waals surface area contributed by atoms with Gasteiger partial charge in [-0.3, -0.25) is 4.79 Å². The molecular weight excluding hydrogens is 398 g/mol. The summed E-state index contributed by atoms with van der Waals surface area (Å²) in [6.45, 7) is 4.38. The molecule has 4 rings (SSSR count). The smallest absolute Gasteiger partial charge is 0.255 e. The molecule has 0 bridgehead atoms. The normalized spacial score (nSPS) is 10.7. The van der Waals surface area contributed by atoms with Crippen LogP contribution in [-0.4, -0.2) is 13.0 Å². The molecule has 0 fully saturated rings. The predicted octanol–water partition coefficient (Wildman–Crippen LogP) is 6.55. The average Bonchev–Trinajstić information content (AvgIpc) is 2.83. The lowest BCUT2D eigenvalue weighted by Crippen LogP contribution is -2.15. The Labute approximate surface area is 188 Å². The molecule has 32 heavy (non-hydrogen) atoms. The van der Waals surface area contributed by atoms with E-state index in [0.29, 0.717) is 17.9 Å². The van der Waals surface area contributed by atoms with Crippen LogP contribution in [0, 0.1) is 6.92 Å². The summed E-state index contributed by atoms with van der Waals surface area (Å²) in [5, 5.41) is 5.26. The van der Waals surface area contributed by atoms with Crippen molar-refractivity contribution in [1.29, 1.82) is 0 Å². The zero-order chi connectivity index (χ0) is 22.5. The van der Waals surface area contributed by atoms with Crippen LogP contribution in [0.2, 0.25) is 0 Å². The first-order valence-electron chi connectivity index (χ1n) is 10.8. The molecule has 4 aromatic carbocycles. The Balaban J connectivity index is 1.58. The van der Waals surface area contributed by atoms with E-state index in [-0.39, 0.29) is 5.91 Å². The van der Waals surface area contributed by atoms with Gasteiger partial charge in [0.25, 0.3) is 5.91 Å². The molecule has 162 valence electrons. The van der Waals surface area contributed by atoms with Gasteiger partial charge in [0.2, 0.25) is 0 Å². The number of benzene rings is 4. The van der Waals surface area contributed by atoms with Gasteiger partial charge in [0.15, 0.2) is 0 Å². The number of carbonyl (C=O) groups is 1. The summed E-state index contributed by atoms with van der Waals surface area (Å²) in [5.41, 5.74) is 4.42. The van der Waals surface area contributed by atoms with E-state index in [2.05, 4.69) is 24.4 Å². The van der Waals surface area contributed by atoms with Crippen molar-refractivity contribution in [3.8, 4) is 11.5 Å². The maximum absolute atomic E-state index is 13.0. The Hall–Kier alpha value is -3.79. The lowest BCUT2D eigenvalue weighted by Gasteiger charge is -2.15. The molecule has 4 nitrogen and oxygen atoms in total.